The highest BCUT2D eigenvalue weighted by Gasteiger charge is 2.44. The van der Waals surface area contributed by atoms with E-state index in [-0.39, 0.29) is 18.7 Å². The number of ether oxygens (including phenoxy) is 1. The highest BCUT2D eigenvalue weighted by atomic mass is 19.4. The third-order valence-electron chi connectivity index (χ3n) is 4.78. The quantitative estimate of drug-likeness (QED) is 0.864. The molecule has 0 aromatic rings. The fraction of sp³-hybridized carbons (Fsp3) is 0.933. The molecule has 1 atom stereocenters. The van der Waals surface area contributed by atoms with E-state index in [2.05, 4.69) is 0 Å². The van der Waals surface area contributed by atoms with Crippen molar-refractivity contribution in [3.05, 3.63) is 0 Å². The normalized spacial score (nSPS) is 23.5. The molecule has 0 aromatic carbocycles. The molecular weight excluding hydrogens is 299 g/mol. The number of likely N-dealkylation sites (tertiary alicyclic amines) is 1. The Hall–Kier alpha value is -0.820. The molecule has 2 aliphatic heterocycles. The molecular formula is C15H24F3NO3. The summed E-state index contributed by atoms with van der Waals surface area (Å²) >= 11 is 0. The van der Waals surface area contributed by atoms with Gasteiger partial charge in [0, 0.05) is 32.7 Å². The number of piperidine rings is 1. The van der Waals surface area contributed by atoms with Crippen LogP contribution in [0.4, 0.5) is 13.2 Å². The van der Waals surface area contributed by atoms with Crippen LogP contribution in [0.15, 0.2) is 0 Å². The minimum absolute atomic E-state index is 0.0199. The molecule has 0 bridgehead atoms. The molecule has 0 aromatic heterocycles. The molecule has 2 rings (SSSR count). The lowest BCUT2D eigenvalue weighted by Gasteiger charge is -2.35. The zero-order valence-corrected chi connectivity index (χ0v) is 12.6. The molecule has 0 saturated carbocycles. The van der Waals surface area contributed by atoms with E-state index < -0.39 is 18.2 Å². The number of carbonyl (C=O) groups excluding carboxylic acids is 1. The first-order valence-electron chi connectivity index (χ1n) is 7.98. The van der Waals surface area contributed by atoms with Crippen LogP contribution in [0.3, 0.4) is 0 Å². The minimum atomic E-state index is -4.57. The summed E-state index contributed by atoms with van der Waals surface area (Å²) in [5.41, 5.74) is 0. The summed E-state index contributed by atoms with van der Waals surface area (Å²) in [6.45, 7) is 2.12. The number of rotatable bonds is 4. The SMILES string of the molecule is O=C(CCC1CCOCC1)N1CCC([C@H](O)C(F)(F)F)CC1. The van der Waals surface area contributed by atoms with Crippen molar-refractivity contribution in [1.82, 2.24) is 4.90 Å². The number of nitrogens with zero attached hydrogens (tertiary/aromatic N) is 1. The molecule has 2 heterocycles. The van der Waals surface area contributed by atoms with Crippen LogP contribution in [-0.2, 0) is 9.53 Å². The first-order chi connectivity index (χ1) is 10.4. The van der Waals surface area contributed by atoms with Gasteiger partial charge in [-0.25, -0.2) is 0 Å². The molecule has 4 nitrogen and oxygen atoms in total. The summed E-state index contributed by atoms with van der Waals surface area (Å²) in [5.74, 6) is -0.256. The molecule has 2 aliphatic rings. The third kappa shape index (κ3) is 4.84. The Morgan fingerprint density at radius 1 is 1.18 bits per heavy atom. The topological polar surface area (TPSA) is 49.8 Å². The summed E-state index contributed by atoms with van der Waals surface area (Å²) in [4.78, 5) is 13.8. The Kier molecular flexibility index (Phi) is 6.09. The second-order valence-corrected chi connectivity index (χ2v) is 6.30. The zero-order valence-electron chi connectivity index (χ0n) is 12.6. The lowest BCUT2D eigenvalue weighted by molar-refractivity contribution is -0.222. The molecule has 1 amide bonds. The summed E-state index contributed by atoms with van der Waals surface area (Å²) in [6, 6.07) is 0. The number of halogens is 3. The van der Waals surface area contributed by atoms with Crippen molar-refractivity contribution in [3.8, 4) is 0 Å². The predicted octanol–water partition coefficient (Wildman–Crippen LogP) is 2.36. The lowest BCUT2D eigenvalue weighted by atomic mass is 9.90. The van der Waals surface area contributed by atoms with E-state index in [4.69, 9.17) is 4.74 Å². The summed E-state index contributed by atoms with van der Waals surface area (Å²) < 4.78 is 42.7. The summed E-state index contributed by atoms with van der Waals surface area (Å²) in [5, 5.41) is 9.27. The fourth-order valence-corrected chi connectivity index (χ4v) is 3.25. The monoisotopic (exact) mass is 323 g/mol. The Labute approximate surface area is 128 Å². The molecule has 2 fully saturated rings. The smallest absolute Gasteiger partial charge is 0.383 e. The van der Waals surface area contributed by atoms with Gasteiger partial charge in [0.1, 0.15) is 0 Å². The molecule has 0 radical (unpaired) electrons. The van der Waals surface area contributed by atoms with Crippen molar-refractivity contribution in [3.63, 3.8) is 0 Å². The van der Waals surface area contributed by atoms with Crippen molar-refractivity contribution >= 4 is 5.91 Å². The van der Waals surface area contributed by atoms with Crippen molar-refractivity contribution < 1.29 is 27.8 Å². The number of aliphatic hydroxyl groups excluding tert-OH is 1. The maximum Gasteiger partial charge on any atom is 0.414 e. The van der Waals surface area contributed by atoms with Gasteiger partial charge in [0.25, 0.3) is 0 Å². The highest BCUT2D eigenvalue weighted by molar-refractivity contribution is 5.76. The number of hydrogen-bond donors (Lipinski definition) is 1. The van der Waals surface area contributed by atoms with E-state index in [0.717, 1.165) is 32.5 Å². The first-order valence-corrected chi connectivity index (χ1v) is 7.98. The van der Waals surface area contributed by atoms with Gasteiger partial charge in [-0.3, -0.25) is 4.79 Å². The molecule has 128 valence electrons. The van der Waals surface area contributed by atoms with E-state index >= 15 is 0 Å². The number of amides is 1. The Morgan fingerprint density at radius 3 is 2.32 bits per heavy atom. The van der Waals surface area contributed by atoms with Gasteiger partial charge < -0.3 is 14.7 Å². The van der Waals surface area contributed by atoms with E-state index in [9.17, 15) is 23.1 Å². The number of aliphatic hydroxyl groups is 1. The second kappa shape index (κ2) is 7.64. The number of alkyl halides is 3. The van der Waals surface area contributed by atoms with Crippen molar-refractivity contribution in [2.45, 2.75) is 50.8 Å². The van der Waals surface area contributed by atoms with E-state index in [1.165, 1.54) is 0 Å². The molecule has 1 N–H and O–H groups in total. The van der Waals surface area contributed by atoms with Crippen LogP contribution in [0.5, 0.6) is 0 Å². The molecule has 7 heteroatoms. The van der Waals surface area contributed by atoms with Gasteiger partial charge in [0.2, 0.25) is 5.91 Å². The number of hydrogen-bond acceptors (Lipinski definition) is 3. The third-order valence-corrected chi connectivity index (χ3v) is 4.78. The van der Waals surface area contributed by atoms with E-state index in [0.29, 0.717) is 25.4 Å². The van der Waals surface area contributed by atoms with Crippen LogP contribution < -0.4 is 0 Å². The van der Waals surface area contributed by atoms with Gasteiger partial charge in [-0.1, -0.05) is 0 Å². The second-order valence-electron chi connectivity index (χ2n) is 6.30. The molecule has 0 unspecified atom stereocenters. The van der Waals surface area contributed by atoms with Gasteiger partial charge >= 0.3 is 6.18 Å². The van der Waals surface area contributed by atoms with Gasteiger partial charge in [0.15, 0.2) is 6.10 Å². The average Bonchev–Trinajstić information content (AvgIpc) is 2.52. The van der Waals surface area contributed by atoms with Crippen LogP contribution in [0.1, 0.15) is 38.5 Å². The molecule has 0 aliphatic carbocycles. The van der Waals surface area contributed by atoms with Crippen molar-refractivity contribution in [2.24, 2.45) is 11.8 Å². The Balaban J connectivity index is 1.70. The maximum atomic E-state index is 12.5. The van der Waals surface area contributed by atoms with Crippen LogP contribution >= 0.6 is 0 Å². The first kappa shape index (κ1) is 17.5. The van der Waals surface area contributed by atoms with Crippen LogP contribution in [-0.4, -0.2) is 54.5 Å². The van der Waals surface area contributed by atoms with Gasteiger partial charge in [-0.2, -0.15) is 13.2 Å². The molecule has 0 spiro atoms. The summed E-state index contributed by atoms with van der Waals surface area (Å²) in [7, 11) is 0. The van der Waals surface area contributed by atoms with E-state index in [1.54, 1.807) is 4.90 Å². The Bertz CT molecular complexity index is 362. The maximum absolute atomic E-state index is 12.5. The summed E-state index contributed by atoms with van der Waals surface area (Å²) in [6.07, 6.45) is -3.18. The standard InChI is InChI=1S/C15H24F3NO3/c16-15(17,18)14(21)12-3-7-19(8-4-12)13(20)2-1-11-5-9-22-10-6-11/h11-12,14,21H,1-10H2/t14-/m0/s1. The zero-order chi connectivity index (χ0) is 16.2. The Morgan fingerprint density at radius 2 is 1.77 bits per heavy atom. The minimum Gasteiger partial charge on any atom is -0.383 e. The molecule has 22 heavy (non-hydrogen) atoms. The molecule has 2 saturated heterocycles. The van der Waals surface area contributed by atoms with E-state index in [1.807, 2.05) is 0 Å². The van der Waals surface area contributed by atoms with Gasteiger partial charge in [0.05, 0.1) is 0 Å². The highest BCUT2D eigenvalue weighted by Crippen LogP contribution is 2.32. The van der Waals surface area contributed by atoms with Crippen LogP contribution in [0, 0.1) is 11.8 Å². The van der Waals surface area contributed by atoms with Crippen LogP contribution in [0.25, 0.3) is 0 Å². The average molecular weight is 323 g/mol. The van der Waals surface area contributed by atoms with Gasteiger partial charge in [-0.15, -0.1) is 0 Å². The lowest BCUT2D eigenvalue weighted by Crippen LogP contribution is -2.45. The predicted molar refractivity (Wildman–Crippen MR) is 74.1 cm³/mol. The van der Waals surface area contributed by atoms with Crippen molar-refractivity contribution in [2.75, 3.05) is 26.3 Å². The van der Waals surface area contributed by atoms with Gasteiger partial charge in [-0.05, 0) is 43.9 Å². The fourth-order valence-electron chi connectivity index (χ4n) is 3.25. The largest absolute Gasteiger partial charge is 0.414 e. The number of carbonyl (C=O) groups is 1. The van der Waals surface area contributed by atoms with Crippen molar-refractivity contribution in [1.29, 1.82) is 0 Å². The van der Waals surface area contributed by atoms with Crippen LogP contribution in [0.2, 0.25) is 0 Å².